The zero-order chi connectivity index (χ0) is 28.6. The summed E-state index contributed by atoms with van der Waals surface area (Å²) in [7, 11) is 0. The van der Waals surface area contributed by atoms with Crippen molar-refractivity contribution in [1.29, 1.82) is 5.26 Å². The molecule has 6 nitrogen and oxygen atoms in total. The maximum absolute atomic E-state index is 11.0. The van der Waals surface area contributed by atoms with E-state index >= 15 is 0 Å². The van der Waals surface area contributed by atoms with E-state index in [0.29, 0.717) is 5.56 Å². The van der Waals surface area contributed by atoms with Crippen molar-refractivity contribution in [3.05, 3.63) is 98.9 Å². The largest absolute Gasteiger partial charge is 0.372 e. The van der Waals surface area contributed by atoms with Crippen molar-refractivity contribution >= 4 is 35.7 Å². The van der Waals surface area contributed by atoms with Gasteiger partial charge in [-0.05, 0) is 65.9 Å². The molecule has 40 heavy (non-hydrogen) atoms. The van der Waals surface area contributed by atoms with E-state index in [2.05, 4.69) is 60.1 Å². The van der Waals surface area contributed by atoms with Crippen molar-refractivity contribution in [3.8, 4) is 6.07 Å². The molecule has 0 atom stereocenters. The Balaban J connectivity index is 1.60. The molecule has 0 radical (unpaired) electrons. The Hall–Kier alpha value is -4.24. The summed E-state index contributed by atoms with van der Waals surface area (Å²) in [6.07, 6.45) is 19.8. The molecule has 0 spiro atoms. The van der Waals surface area contributed by atoms with Gasteiger partial charge in [-0.3, -0.25) is 15.1 Å². The lowest BCUT2D eigenvalue weighted by atomic mass is 10.1. The summed E-state index contributed by atoms with van der Waals surface area (Å²) in [6.45, 7) is 6.76. The van der Waals surface area contributed by atoms with E-state index in [1.165, 1.54) is 69.2 Å². The Morgan fingerprint density at radius 1 is 0.800 bits per heavy atom. The first kappa shape index (κ1) is 30.3. The molecular formula is C34H40N4O2. The Morgan fingerprint density at radius 3 is 1.98 bits per heavy atom. The zero-order valence-corrected chi connectivity index (χ0v) is 23.8. The second kappa shape index (κ2) is 16.7. The first-order valence-electron chi connectivity index (χ1n) is 14.4. The predicted molar refractivity (Wildman–Crippen MR) is 167 cm³/mol. The van der Waals surface area contributed by atoms with Crippen LogP contribution in [0.3, 0.4) is 0 Å². The number of nitro benzene ring substituents is 1. The van der Waals surface area contributed by atoms with Crippen molar-refractivity contribution in [2.24, 2.45) is 0 Å². The van der Waals surface area contributed by atoms with Crippen molar-refractivity contribution in [2.45, 2.75) is 65.2 Å². The van der Waals surface area contributed by atoms with Crippen LogP contribution in [0.5, 0.6) is 0 Å². The smallest absolute Gasteiger partial charge is 0.287 e. The third-order valence-corrected chi connectivity index (χ3v) is 6.88. The van der Waals surface area contributed by atoms with Crippen LogP contribution in [0, 0.1) is 21.4 Å². The number of nitro groups is 1. The van der Waals surface area contributed by atoms with Crippen LogP contribution in [-0.2, 0) is 0 Å². The fourth-order valence-corrected chi connectivity index (χ4v) is 4.52. The highest BCUT2D eigenvalue weighted by Gasteiger charge is 2.12. The van der Waals surface area contributed by atoms with E-state index < -0.39 is 4.92 Å². The highest BCUT2D eigenvalue weighted by atomic mass is 16.6. The Morgan fingerprint density at radius 2 is 1.40 bits per heavy atom. The van der Waals surface area contributed by atoms with Crippen LogP contribution in [-0.4, -0.2) is 23.0 Å². The number of nitrogens with zero attached hydrogens (tertiary/aromatic N) is 4. The average molecular weight is 537 g/mol. The van der Waals surface area contributed by atoms with Gasteiger partial charge in [0.15, 0.2) is 0 Å². The standard InChI is InChI=1S/C34H40N4O2/c1-3-5-7-9-23-37(24-10-8-6-4-2)33-20-15-28(16-21-33)11-12-30-14-19-32(36-27-30)18-13-29-17-22-34(38(39)40)31(25-29)26-35/h11-22,25,27H,3-10,23-24H2,1-2H3. The lowest BCUT2D eigenvalue weighted by Gasteiger charge is -2.25. The minimum absolute atomic E-state index is 0.0419. The van der Waals surface area contributed by atoms with E-state index in [1.54, 1.807) is 12.1 Å². The van der Waals surface area contributed by atoms with Crippen LogP contribution in [0.4, 0.5) is 11.4 Å². The first-order valence-corrected chi connectivity index (χ1v) is 14.4. The van der Waals surface area contributed by atoms with Crippen LogP contribution in [0.2, 0.25) is 0 Å². The number of anilines is 1. The summed E-state index contributed by atoms with van der Waals surface area (Å²) in [5.74, 6) is 0. The zero-order valence-electron chi connectivity index (χ0n) is 23.8. The molecule has 0 saturated carbocycles. The van der Waals surface area contributed by atoms with E-state index in [9.17, 15) is 15.4 Å². The van der Waals surface area contributed by atoms with Gasteiger partial charge in [-0.2, -0.15) is 5.26 Å². The third kappa shape index (κ3) is 9.81. The fraction of sp³-hybridized carbons (Fsp3) is 0.353. The molecular weight excluding hydrogens is 496 g/mol. The van der Waals surface area contributed by atoms with E-state index in [0.717, 1.165) is 29.9 Å². The number of benzene rings is 2. The second-order valence-electron chi connectivity index (χ2n) is 10.0. The summed E-state index contributed by atoms with van der Waals surface area (Å²) in [4.78, 5) is 17.5. The number of unbranched alkanes of at least 4 members (excludes halogenated alkanes) is 6. The maximum Gasteiger partial charge on any atom is 0.287 e. The lowest BCUT2D eigenvalue weighted by Crippen LogP contribution is -2.25. The van der Waals surface area contributed by atoms with Gasteiger partial charge in [0.1, 0.15) is 11.6 Å². The van der Waals surface area contributed by atoms with Gasteiger partial charge < -0.3 is 4.90 Å². The van der Waals surface area contributed by atoms with E-state index in [-0.39, 0.29) is 11.3 Å². The molecule has 0 amide bonds. The molecule has 0 aliphatic heterocycles. The molecule has 0 fully saturated rings. The molecule has 0 aliphatic carbocycles. The summed E-state index contributed by atoms with van der Waals surface area (Å²) in [5.41, 5.74) is 4.77. The number of aromatic nitrogens is 1. The molecule has 3 aromatic rings. The average Bonchev–Trinajstić information content (AvgIpc) is 2.98. The quantitative estimate of drug-likeness (QED) is 0.103. The molecule has 1 heterocycles. The number of hydrogen-bond donors (Lipinski definition) is 0. The van der Waals surface area contributed by atoms with Crippen LogP contribution >= 0.6 is 0 Å². The van der Waals surface area contributed by atoms with Crippen molar-refractivity contribution in [2.75, 3.05) is 18.0 Å². The minimum atomic E-state index is -0.548. The highest BCUT2D eigenvalue weighted by molar-refractivity contribution is 5.72. The summed E-state index contributed by atoms with van der Waals surface area (Å²) >= 11 is 0. The molecule has 2 aromatic carbocycles. The molecule has 0 unspecified atom stereocenters. The van der Waals surface area contributed by atoms with Crippen molar-refractivity contribution in [3.63, 3.8) is 0 Å². The maximum atomic E-state index is 11.0. The number of nitriles is 1. The molecule has 3 rings (SSSR count). The van der Waals surface area contributed by atoms with Crippen molar-refractivity contribution in [1.82, 2.24) is 4.98 Å². The SMILES string of the molecule is CCCCCCN(CCCCCC)c1ccc(C=Cc2ccc(C=Cc3ccc([N+](=O)[O-])c(C#N)c3)nc2)cc1. The van der Waals surface area contributed by atoms with Gasteiger partial charge in [0.2, 0.25) is 0 Å². The van der Waals surface area contributed by atoms with Gasteiger partial charge in [-0.25, -0.2) is 0 Å². The lowest BCUT2D eigenvalue weighted by molar-refractivity contribution is -0.385. The molecule has 0 aliphatic rings. The molecule has 0 saturated heterocycles. The highest BCUT2D eigenvalue weighted by Crippen LogP contribution is 2.21. The van der Waals surface area contributed by atoms with E-state index in [4.69, 9.17) is 0 Å². The van der Waals surface area contributed by atoms with Gasteiger partial charge in [0.25, 0.3) is 5.69 Å². The summed E-state index contributed by atoms with van der Waals surface area (Å²) < 4.78 is 0. The normalized spacial score (nSPS) is 11.2. The fourth-order valence-electron chi connectivity index (χ4n) is 4.52. The predicted octanol–water partition coefficient (Wildman–Crippen LogP) is 9.17. The Labute approximate surface area is 238 Å². The monoisotopic (exact) mass is 536 g/mol. The third-order valence-electron chi connectivity index (χ3n) is 6.88. The minimum Gasteiger partial charge on any atom is -0.372 e. The van der Waals surface area contributed by atoms with Crippen molar-refractivity contribution < 1.29 is 4.92 Å². The molecule has 6 heteroatoms. The van der Waals surface area contributed by atoms with E-state index in [1.807, 2.05) is 30.5 Å². The van der Waals surface area contributed by atoms with Crippen LogP contribution in [0.25, 0.3) is 24.3 Å². The van der Waals surface area contributed by atoms with Gasteiger partial charge in [0.05, 0.1) is 10.6 Å². The van der Waals surface area contributed by atoms with Gasteiger partial charge in [0, 0.05) is 31.0 Å². The van der Waals surface area contributed by atoms with Gasteiger partial charge in [-0.1, -0.05) is 88.8 Å². The Bertz CT molecular complexity index is 1290. The van der Waals surface area contributed by atoms with Crippen LogP contribution in [0.15, 0.2) is 60.8 Å². The first-order chi connectivity index (χ1) is 19.5. The Kier molecular flexibility index (Phi) is 12.6. The van der Waals surface area contributed by atoms with Crippen LogP contribution < -0.4 is 4.90 Å². The number of hydrogen-bond acceptors (Lipinski definition) is 5. The topological polar surface area (TPSA) is 83.1 Å². The van der Waals surface area contributed by atoms with Gasteiger partial charge >= 0.3 is 0 Å². The summed E-state index contributed by atoms with van der Waals surface area (Å²) in [6, 6.07) is 19.1. The molecule has 0 N–H and O–H groups in total. The van der Waals surface area contributed by atoms with Gasteiger partial charge in [-0.15, -0.1) is 0 Å². The molecule has 0 bridgehead atoms. The van der Waals surface area contributed by atoms with Crippen LogP contribution in [0.1, 0.15) is 93.2 Å². The molecule has 208 valence electrons. The molecule has 1 aromatic heterocycles. The summed E-state index contributed by atoms with van der Waals surface area (Å²) in [5, 5.41) is 20.2. The number of pyridine rings is 1. The second-order valence-corrected chi connectivity index (χ2v) is 10.0. The number of rotatable bonds is 16.